The molecule has 1 N–H and O–H groups in total. The molecule has 0 aromatic heterocycles. The van der Waals surface area contributed by atoms with Crippen molar-refractivity contribution in [2.45, 2.75) is 125 Å². The Morgan fingerprint density at radius 1 is 0.792 bits per heavy atom. The van der Waals surface area contributed by atoms with Crippen LogP contribution >= 0.6 is 0 Å². The van der Waals surface area contributed by atoms with Gasteiger partial charge in [0.2, 0.25) is 0 Å². The van der Waals surface area contributed by atoms with Crippen LogP contribution in [0, 0.1) is 44.3 Å². The molecular formula is C45H66N2O6. The second-order valence-corrected chi connectivity index (χ2v) is 20.2. The molecule has 0 radical (unpaired) electrons. The lowest BCUT2D eigenvalue weighted by Gasteiger charge is -2.71. The number of benzene rings is 1. The number of piperazine rings is 1. The molecule has 1 aromatic carbocycles. The van der Waals surface area contributed by atoms with Gasteiger partial charge >= 0.3 is 17.9 Å². The van der Waals surface area contributed by atoms with Crippen molar-refractivity contribution in [2.24, 2.45) is 44.3 Å². The summed E-state index contributed by atoms with van der Waals surface area (Å²) in [4.78, 5) is 44.6. The summed E-state index contributed by atoms with van der Waals surface area (Å²) in [7, 11) is 2.17. The fourth-order valence-corrected chi connectivity index (χ4v) is 13.3. The van der Waals surface area contributed by atoms with Crippen molar-refractivity contribution in [1.29, 1.82) is 0 Å². The molecule has 53 heavy (non-hydrogen) atoms. The standard InChI is InChI=1S/C45H66N2O6/c1-40(2)19-21-45(39(51)52-28-27-47-25-23-46(8)24-26-47)22-20-43(6)32(33(45)29-40)13-14-35-42(5)17-16-36(41(3,4)34(42)15-18-44(35,43)7)53-38(50)31-12-10-9-11-30(31)37(48)49/h9-12,34-36H,13-29H2,1-8H3,(H,48,49)/t34-,35+,36-,42-,43+,44+,45-/m0/s1. The van der Waals surface area contributed by atoms with Crippen molar-refractivity contribution in [1.82, 2.24) is 9.80 Å². The Balaban J connectivity index is 1.13. The summed E-state index contributed by atoms with van der Waals surface area (Å²) >= 11 is 0. The maximum Gasteiger partial charge on any atom is 0.339 e. The van der Waals surface area contributed by atoms with E-state index in [2.05, 4.69) is 65.3 Å². The molecule has 6 aliphatic rings. The number of hydrogen-bond acceptors (Lipinski definition) is 7. The number of allylic oxidation sites excluding steroid dienone is 1. The Kier molecular flexibility index (Phi) is 9.82. The fourth-order valence-electron chi connectivity index (χ4n) is 13.3. The maximum atomic E-state index is 14.4. The topological polar surface area (TPSA) is 96.4 Å². The number of esters is 2. The van der Waals surface area contributed by atoms with Crippen LogP contribution in [0.15, 0.2) is 35.4 Å². The lowest BCUT2D eigenvalue weighted by Crippen LogP contribution is -2.64. The smallest absolute Gasteiger partial charge is 0.339 e. The molecule has 4 saturated carbocycles. The van der Waals surface area contributed by atoms with Gasteiger partial charge in [0.1, 0.15) is 12.7 Å². The third kappa shape index (κ3) is 6.20. The molecule has 1 aliphatic heterocycles. The van der Waals surface area contributed by atoms with Crippen LogP contribution in [0.5, 0.6) is 0 Å². The van der Waals surface area contributed by atoms with Crippen molar-refractivity contribution in [2.75, 3.05) is 46.4 Å². The minimum Gasteiger partial charge on any atom is -0.478 e. The molecule has 0 amide bonds. The Labute approximate surface area is 318 Å². The van der Waals surface area contributed by atoms with E-state index in [1.54, 1.807) is 23.8 Å². The second-order valence-electron chi connectivity index (χ2n) is 20.2. The number of carbonyl (C=O) groups is 3. The molecule has 7 rings (SSSR count). The van der Waals surface area contributed by atoms with Gasteiger partial charge < -0.3 is 19.5 Å². The van der Waals surface area contributed by atoms with E-state index in [9.17, 15) is 19.5 Å². The molecule has 7 atom stereocenters. The fraction of sp³-hybridized carbons (Fsp3) is 0.756. The number of nitrogens with zero attached hydrogens (tertiary/aromatic N) is 2. The van der Waals surface area contributed by atoms with E-state index in [1.807, 2.05) is 0 Å². The van der Waals surface area contributed by atoms with E-state index in [-0.39, 0.29) is 50.3 Å². The molecule has 1 aromatic rings. The van der Waals surface area contributed by atoms with Crippen LogP contribution in [0.3, 0.4) is 0 Å². The number of ether oxygens (including phenoxy) is 2. The van der Waals surface area contributed by atoms with Crippen molar-refractivity contribution >= 4 is 17.9 Å². The van der Waals surface area contributed by atoms with Crippen LogP contribution in [0.2, 0.25) is 0 Å². The normalized spacial score (nSPS) is 38.1. The first-order valence-electron chi connectivity index (χ1n) is 20.7. The predicted molar refractivity (Wildman–Crippen MR) is 207 cm³/mol. The minimum absolute atomic E-state index is 0.0125. The number of rotatable bonds is 7. The molecule has 0 bridgehead atoms. The monoisotopic (exact) mass is 730 g/mol. The van der Waals surface area contributed by atoms with E-state index in [4.69, 9.17) is 9.47 Å². The molecule has 0 spiro atoms. The zero-order valence-electron chi connectivity index (χ0n) is 33.9. The van der Waals surface area contributed by atoms with Gasteiger partial charge in [0.25, 0.3) is 0 Å². The summed E-state index contributed by atoms with van der Waals surface area (Å²) in [5.74, 6) is -0.722. The Bertz CT molecular complexity index is 1660. The van der Waals surface area contributed by atoms with Crippen molar-refractivity contribution in [3.63, 3.8) is 0 Å². The van der Waals surface area contributed by atoms with E-state index >= 15 is 0 Å². The van der Waals surface area contributed by atoms with Crippen LogP contribution in [-0.2, 0) is 14.3 Å². The van der Waals surface area contributed by atoms with E-state index < -0.39 is 17.4 Å². The van der Waals surface area contributed by atoms with E-state index in [0.717, 1.165) is 103 Å². The molecule has 5 aliphatic carbocycles. The van der Waals surface area contributed by atoms with E-state index in [0.29, 0.717) is 18.4 Å². The summed E-state index contributed by atoms with van der Waals surface area (Å²) in [6.07, 6.45) is 10.7. The summed E-state index contributed by atoms with van der Waals surface area (Å²) < 4.78 is 12.5. The van der Waals surface area contributed by atoms with Gasteiger partial charge in [0.15, 0.2) is 0 Å². The highest BCUT2D eigenvalue weighted by molar-refractivity contribution is 6.02. The van der Waals surface area contributed by atoms with Gasteiger partial charge in [0, 0.05) is 38.1 Å². The maximum absolute atomic E-state index is 14.4. The third-order valence-corrected chi connectivity index (χ3v) is 16.7. The highest BCUT2D eigenvalue weighted by Gasteiger charge is 2.68. The van der Waals surface area contributed by atoms with Crippen LogP contribution in [0.25, 0.3) is 0 Å². The van der Waals surface area contributed by atoms with Gasteiger partial charge in [-0.25, -0.2) is 9.59 Å². The summed E-state index contributed by atoms with van der Waals surface area (Å²) in [6.45, 7) is 22.5. The zero-order valence-corrected chi connectivity index (χ0v) is 33.9. The number of carboxylic acid groups (broad SMARTS) is 1. The molecule has 0 unspecified atom stereocenters. The quantitative estimate of drug-likeness (QED) is 0.220. The van der Waals surface area contributed by atoms with Crippen molar-refractivity contribution < 1.29 is 29.0 Å². The minimum atomic E-state index is -1.12. The van der Waals surface area contributed by atoms with Crippen LogP contribution in [0.4, 0.5) is 0 Å². The van der Waals surface area contributed by atoms with Gasteiger partial charge in [0.05, 0.1) is 16.5 Å². The highest BCUT2D eigenvalue weighted by Crippen LogP contribution is 2.75. The molecular weight excluding hydrogens is 665 g/mol. The average molecular weight is 731 g/mol. The van der Waals surface area contributed by atoms with Gasteiger partial charge in [-0.1, -0.05) is 71.7 Å². The predicted octanol–water partition coefficient (Wildman–Crippen LogP) is 8.65. The number of hydrogen-bond donors (Lipinski definition) is 1. The lowest BCUT2D eigenvalue weighted by molar-refractivity contribution is -0.205. The number of carbonyl (C=O) groups excluding carboxylic acids is 2. The molecule has 1 saturated heterocycles. The molecule has 292 valence electrons. The Morgan fingerprint density at radius 3 is 2.17 bits per heavy atom. The molecule has 8 nitrogen and oxygen atoms in total. The number of carboxylic acids is 1. The lowest BCUT2D eigenvalue weighted by atomic mass is 9.34. The highest BCUT2D eigenvalue weighted by atomic mass is 16.5. The van der Waals surface area contributed by atoms with E-state index in [1.165, 1.54) is 11.6 Å². The molecule has 5 fully saturated rings. The van der Waals surface area contributed by atoms with Crippen LogP contribution in [0.1, 0.15) is 140 Å². The number of likely N-dealkylation sites (N-methyl/N-ethyl adjacent to an activating group) is 1. The summed E-state index contributed by atoms with van der Waals surface area (Å²) in [5, 5.41) is 9.73. The summed E-state index contributed by atoms with van der Waals surface area (Å²) in [5.41, 5.74) is 2.76. The van der Waals surface area contributed by atoms with Gasteiger partial charge in [-0.2, -0.15) is 0 Å². The largest absolute Gasteiger partial charge is 0.478 e. The van der Waals surface area contributed by atoms with Gasteiger partial charge in [-0.3, -0.25) is 9.69 Å². The van der Waals surface area contributed by atoms with Gasteiger partial charge in [-0.05, 0) is 123 Å². The van der Waals surface area contributed by atoms with Gasteiger partial charge in [-0.15, -0.1) is 0 Å². The third-order valence-electron chi connectivity index (χ3n) is 16.7. The Morgan fingerprint density at radius 2 is 1.47 bits per heavy atom. The summed E-state index contributed by atoms with van der Waals surface area (Å²) in [6, 6.07) is 6.38. The molecule has 1 heterocycles. The Hall–Kier alpha value is -2.71. The molecule has 8 heteroatoms. The number of fused-ring (bicyclic) bond motifs is 6. The first kappa shape index (κ1) is 38.6. The number of aromatic carboxylic acids is 1. The zero-order chi connectivity index (χ0) is 38.2. The average Bonchev–Trinajstić information content (AvgIpc) is 3.10. The SMILES string of the molecule is CN1CCN(CCOC(=O)[C@]23CCC(C)(C)CC2=C2CC[C@@H]4[C@@]5(C)CC[C@H](OC(=O)c6ccccc6C(=O)O)C(C)(C)[C@@H]5CC[C@@]4(C)[C@]2(C)CC3)CC1. The van der Waals surface area contributed by atoms with Crippen LogP contribution in [-0.4, -0.2) is 85.3 Å². The first-order valence-corrected chi connectivity index (χ1v) is 20.7. The van der Waals surface area contributed by atoms with Crippen molar-refractivity contribution in [3.8, 4) is 0 Å². The second kappa shape index (κ2) is 13.5. The first-order chi connectivity index (χ1) is 24.9. The van der Waals surface area contributed by atoms with Crippen molar-refractivity contribution in [3.05, 3.63) is 46.5 Å². The van der Waals surface area contributed by atoms with Crippen LogP contribution < -0.4 is 0 Å².